The molecule has 0 atom stereocenters. The van der Waals surface area contributed by atoms with Crippen LogP contribution in [0.3, 0.4) is 0 Å². The minimum absolute atomic E-state index is 0.0463. The molecule has 0 saturated carbocycles. The third-order valence-electron chi connectivity index (χ3n) is 3.36. The van der Waals surface area contributed by atoms with E-state index in [1.807, 2.05) is 30.3 Å². The van der Waals surface area contributed by atoms with Crippen molar-refractivity contribution in [3.05, 3.63) is 71.8 Å². The summed E-state index contributed by atoms with van der Waals surface area (Å²) >= 11 is 0. The van der Waals surface area contributed by atoms with Crippen LogP contribution in [0, 0.1) is 0 Å². The average Bonchev–Trinajstić information content (AvgIpc) is 2.68. The molecule has 2 aromatic carbocycles. The molecule has 0 saturated heterocycles. The van der Waals surface area contributed by atoms with Crippen LogP contribution in [-0.4, -0.2) is 44.1 Å². The van der Waals surface area contributed by atoms with Crippen molar-refractivity contribution >= 4 is 17.7 Å². The van der Waals surface area contributed by atoms with E-state index in [-0.39, 0.29) is 44.4 Å². The molecule has 6 nitrogen and oxygen atoms in total. The number of ether oxygens (including phenoxy) is 3. The van der Waals surface area contributed by atoms with Crippen LogP contribution in [0.15, 0.2) is 60.7 Å². The maximum atomic E-state index is 11.8. The number of rotatable bonds is 10. The fourth-order valence-electron chi connectivity index (χ4n) is 2.10. The van der Waals surface area contributed by atoms with Gasteiger partial charge in [-0.2, -0.15) is 0 Å². The molecule has 6 heteroatoms. The van der Waals surface area contributed by atoms with Gasteiger partial charge in [-0.25, -0.2) is 4.79 Å². The van der Waals surface area contributed by atoms with Crippen molar-refractivity contribution < 1.29 is 28.6 Å². The fraction of sp³-hybridized carbons (Fsp3) is 0.250. The maximum absolute atomic E-state index is 11.8. The quantitative estimate of drug-likeness (QED) is 0.281. The fourth-order valence-corrected chi connectivity index (χ4v) is 2.10. The Kier molecular flexibility index (Phi) is 8.02. The molecule has 0 radical (unpaired) electrons. The highest BCUT2D eigenvalue weighted by Gasteiger charge is 2.17. The first kappa shape index (κ1) is 19.3. The largest absolute Gasteiger partial charge is 0.463 e. The average molecular weight is 356 g/mol. The molecule has 0 aromatic heterocycles. The van der Waals surface area contributed by atoms with Crippen LogP contribution < -0.4 is 0 Å². The Morgan fingerprint density at radius 3 is 1.92 bits per heavy atom. The van der Waals surface area contributed by atoms with Gasteiger partial charge in [0.15, 0.2) is 0 Å². The lowest BCUT2D eigenvalue weighted by Gasteiger charge is -2.07. The lowest BCUT2D eigenvalue weighted by Crippen LogP contribution is -2.20. The Hall–Kier alpha value is -2.99. The van der Waals surface area contributed by atoms with Gasteiger partial charge < -0.3 is 14.2 Å². The van der Waals surface area contributed by atoms with E-state index in [0.29, 0.717) is 0 Å². The van der Waals surface area contributed by atoms with E-state index in [0.717, 1.165) is 5.56 Å². The van der Waals surface area contributed by atoms with Gasteiger partial charge in [-0.3, -0.25) is 9.59 Å². The lowest BCUT2D eigenvalue weighted by molar-refractivity contribution is -0.144. The molecule has 2 aromatic rings. The molecule has 0 aliphatic carbocycles. The van der Waals surface area contributed by atoms with E-state index in [1.165, 1.54) is 0 Å². The van der Waals surface area contributed by atoms with E-state index in [4.69, 9.17) is 14.2 Å². The van der Waals surface area contributed by atoms with Crippen LogP contribution in [0.25, 0.3) is 0 Å². The maximum Gasteiger partial charge on any atom is 0.379 e. The highest BCUT2D eigenvalue weighted by molar-refractivity contribution is 6.40. The Labute approximate surface area is 151 Å². The zero-order valence-corrected chi connectivity index (χ0v) is 14.3. The summed E-state index contributed by atoms with van der Waals surface area (Å²) in [5.41, 5.74) is 1.16. The number of hydrogen-bond acceptors (Lipinski definition) is 6. The van der Waals surface area contributed by atoms with Crippen molar-refractivity contribution in [2.24, 2.45) is 0 Å². The van der Waals surface area contributed by atoms with Gasteiger partial charge in [0.05, 0.1) is 19.6 Å². The summed E-state index contributed by atoms with van der Waals surface area (Å²) in [6.45, 7) is 0.368. The molecule has 0 spiro atoms. The van der Waals surface area contributed by atoms with Gasteiger partial charge >= 0.3 is 11.9 Å². The summed E-state index contributed by atoms with van der Waals surface area (Å²) in [5.74, 6) is -1.95. The van der Waals surface area contributed by atoms with Gasteiger partial charge in [-0.15, -0.1) is 0 Å². The Balaban J connectivity index is 1.52. The number of esters is 2. The van der Waals surface area contributed by atoms with Crippen LogP contribution in [0.4, 0.5) is 0 Å². The smallest absolute Gasteiger partial charge is 0.379 e. The zero-order valence-electron chi connectivity index (χ0n) is 14.3. The van der Waals surface area contributed by atoms with Crippen LogP contribution >= 0.6 is 0 Å². The number of benzene rings is 2. The zero-order chi connectivity index (χ0) is 18.6. The third-order valence-corrected chi connectivity index (χ3v) is 3.36. The number of Topliss-reactive ketones (excluding diaryl/α,β-unsaturated/α-hetero) is 1. The highest BCUT2D eigenvalue weighted by atomic mass is 16.6. The minimum atomic E-state index is -0.922. The Bertz CT molecular complexity index is 712. The van der Waals surface area contributed by atoms with E-state index in [9.17, 15) is 14.4 Å². The summed E-state index contributed by atoms with van der Waals surface area (Å²) in [4.78, 5) is 35.0. The Morgan fingerprint density at radius 1 is 0.692 bits per heavy atom. The van der Waals surface area contributed by atoms with Crippen molar-refractivity contribution in [1.82, 2.24) is 0 Å². The first-order valence-corrected chi connectivity index (χ1v) is 8.20. The molecule has 0 amide bonds. The van der Waals surface area contributed by atoms with Gasteiger partial charge in [0.25, 0.3) is 5.78 Å². The molecule has 0 N–H and O–H groups in total. The van der Waals surface area contributed by atoms with E-state index >= 15 is 0 Å². The summed E-state index contributed by atoms with van der Waals surface area (Å²) in [7, 11) is 0. The van der Waals surface area contributed by atoms with Crippen LogP contribution in [0.1, 0.15) is 15.9 Å². The molecule has 0 unspecified atom stereocenters. The standard InChI is InChI=1S/C20H20O6/c21-18(15-16-7-3-1-4-8-16)25-13-11-24-12-14-26-20(23)19(22)17-9-5-2-6-10-17/h1-10H,11-15H2. The monoisotopic (exact) mass is 356 g/mol. The van der Waals surface area contributed by atoms with E-state index < -0.39 is 11.8 Å². The van der Waals surface area contributed by atoms with Crippen molar-refractivity contribution in [3.8, 4) is 0 Å². The summed E-state index contributed by atoms with van der Waals surface area (Å²) < 4.78 is 15.1. The van der Waals surface area contributed by atoms with Crippen molar-refractivity contribution in [2.45, 2.75) is 6.42 Å². The van der Waals surface area contributed by atoms with Crippen molar-refractivity contribution in [2.75, 3.05) is 26.4 Å². The van der Waals surface area contributed by atoms with Gasteiger partial charge in [0.1, 0.15) is 13.2 Å². The highest BCUT2D eigenvalue weighted by Crippen LogP contribution is 2.02. The number of carbonyl (C=O) groups excluding carboxylic acids is 3. The van der Waals surface area contributed by atoms with Crippen molar-refractivity contribution in [1.29, 1.82) is 0 Å². The molecule has 0 aliphatic heterocycles. The van der Waals surface area contributed by atoms with Gasteiger partial charge in [-0.05, 0) is 5.56 Å². The molecule has 0 aliphatic rings. The van der Waals surface area contributed by atoms with Crippen LogP contribution in [0.5, 0.6) is 0 Å². The first-order valence-electron chi connectivity index (χ1n) is 8.20. The first-order chi connectivity index (χ1) is 12.7. The SMILES string of the molecule is O=C(Cc1ccccc1)OCCOCCOC(=O)C(=O)c1ccccc1. The van der Waals surface area contributed by atoms with E-state index in [1.54, 1.807) is 30.3 Å². The van der Waals surface area contributed by atoms with Crippen LogP contribution in [0.2, 0.25) is 0 Å². The molecule has 0 bridgehead atoms. The third kappa shape index (κ3) is 6.86. The molecule has 26 heavy (non-hydrogen) atoms. The predicted molar refractivity (Wildman–Crippen MR) is 93.7 cm³/mol. The second-order valence-electron chi connectivity index (χ2n) is 5.33. The molecule has 136 valence electrons. The second kappa shape index (κ2) is 10.8. The molecule has 0 heterocycles. The summed E-state index contributed by atoms with van der Waals surface area (Å²) in [6.07, 6.45) is 0.208. The number of carbonyl (C=O) groups is 3. The van der Waals surface area contributed by atoms with Crippen LogP contribution in [-0.2, 0) is 30.2 Å². The number of hydrogen-bond donors (Lipinski definition) is 0. The van der Waals surface area contributed by atoms with Gasteiger partial charge in [-0.1, -0.05) is 60.7 Å². The lowest BCUT2D eigenvalue weighted by atomic mass is 10.1. The van der Waals surface area contributed by atoms with Gasteiger partial charge in [0, 0.05) is 5.56 Å². The second-order valence-corrected chi connectivity index (χ2v) is 5.33. The van der Waals surface area contributed by atoms with Gasteiger partial charge in [0.2, 0.25) is 0 Å². The normalized spacial score (nSPS) is 10.2. The molecular formula is C20H20O6. The summed E-state index contributed by atoms with van der Waals surface area (Å²) in [5, 5.41) is 0. The predicted octanol–water partition coefficient (Wildman–Crippen LogP) is 2.21. The molecular weight excluding hydrogens is 336 g/mol. The topological polar surface area (TPSA) is 78.9 Å². The minimum Gasteiger partial charge on any atom is -0.463 e. The molecule has 0 fully saturated rings. The van der Waals surface area contributed by atoms with Crippen molar-refractivity contribution in [3.63, 3.8) is 0 Å². The Morgan fingerprint density at radius 2 is 1.27 bits per heavy atom. The molecule has 2 rings (SSSR count). The van der Waals surface area contributed by atoms with E-state index in [2.05, 4.69) is 0 Å². The number of ketones is 1. The summed E-state index contributed by atoms with van der Waals surface area (Å²) in [6, 6.07) is 17.5.